The number of anilines is 1. The molecule has 0 bridgehead atoms. The average Bonchev–Trinajstić information content (AvgIpc) is 2.45. The maximum absolute atomic E-state index is 12.6. The first-order valence-corrected chi connectivity index (χ1v) is 7.80. The molecule has 21 heavy (non-hydrogen) atoms. The second-order valence-corrected chi connectivity index (χ2v) is 5.92. The van der Waals surface area contributed by atoms with E-state index in [4.69, 9.17) is 0 Å². The van der Waals surface area contributed by atoms with Crippen molar-refractivity contribution in [1.29, 1.82) is 0 Å². The van der Waals surface area contributed by atoms with Crippen LogP contribution in [0.25, 0.3) is 0 Å². The minimum atomic E-state index is -4.30. The SMILES string of the molecule is FC(F)(F)c1ccc(NCCCN2CCNCC2)c(Br)c1. The Morgan fingerprint density at radius 1 is 1.24 bits per heavy atom. The van der Waals surface area contributed by atoms with E-state index in [1.807, 2.05) is 0 Å². The highest BCUT2D eigenvalue weighted by Crippen LogP contribution is 2.33. The Balaban J connectivity index is 1.78. The van der Waals surface area contributed by atoms with Crippen molar-refractivity contribution in [1.82, 2.24) is 10.2 Å². The first-order chi connectivity index (χ1) is 9.97. The van der Waals surface area contributed by atoms with Gasteiger partial charge in [-0.1, -0.05) is 0 Å². The smallest absolute Gasteiger partial charge is 0.384 e. The van der Waals surface area contributed by atoms with Crippen LogP contribution in [-0.4, -0.2) is 44.2 Å². The van der Waals surface area contributed by atoms with Crippen molar-refractivity contribution in [2.24, 2.45) is 0 Å². The number of benzene rings is 1. The predicted molar refractivity (Wildman–Crippen MR) is 81.6 cm³/mol. The molecule has 0 saturated carbocycles. The van der Waals surface area contributed by atoms with Crippen molar-refractivity contribution in [3.63, 3.8) is 0 Å². The molecule has 0 radical (unpaired) electrons. The van der Waals surface area contributed by atoms with Gasteiger partial charge < -0.3 is 15.5 Å². The van der Waals surface area contributed by atoms with Crippen LogP contribution in [0.15, 0.2) is 22.7 Å². The van der Waals surface area contributed by atoms with Crippen LogP contribution in [0.2, 0.25) is 0 Å². The molecule has 2 N–H and O–H groups in total. The standard InChI is InChI=1S/C14H19BrF3N3/c15-12-10-11(14(16,17)18)2-3-13(12)20-4-1-7-21-8-5-19-6-9-21/h2-3,10,19-20H,1,4-9H2. The lowest BCUT2D eigenvalue weighted by Crippen LogP contribution is -2.44. The van der Waals surface area contributed by atoms with Crippen LogP contribution in [0.3, 0.4) is 0 Å². The molecular weight excluding hydrogens is 347 g/mol. The van der Waals surface area contributed by atoms with Gasteiger partial charge in [0.1, 0.15) is 0 Å². The van der Waals surface area contributed by atoms with E-state index in [-0.39, 0.29) is 0 Å². The molecule has 1 aliphatic heterocycles. The maximum atomic E-state index is 12.6. The molecule has 0 spiro atoms. The summed E-state index contributed by atoms with van der Waals surface area (Å²) in [7, 11) is 0. The molecule has 118 valence electrons. The average molecular weight is 366 g/mol. The number of alkyl halides is 3. The Morgan fingerprint density at radius 3 is 2.57 bits per heavy atom. The second kappa shape index (κ2) is 7.47. The van der Waals surface area contributed by atoms with Crippen molar-refractivity contribution in [2.75, 3.05) is 44.6 Å². The highest BCUT2D eigenvalue weighted by atomic mass is 79.9. The normalized spacial score (nSPS) is 17.0. The third-order valence-corrected chi connectivity index (χ3v) is 4.13. The van der Waals surface area contributed by atoms with Gasteiger partial charge in [0.2, 0.25) is 0 Å². The van der Waals surface area contributed by atoms with Gasteiger partial charge in [-0.3, -0.25) is 0 Å². The summed E-state index contributed by atoms with van der Waals surface area (Å²) in [6.07, 6.45) is -3.34. The van der Waals surface area contributed by atoms with E-state index < -0.39 is 11.7 Å². The van der Waals surface area contributed by atoms with Gasteiger partial charge in [0, 0.05) is 42.9 Å². The Kier molecular flexibility index (Phi) is 5.89. The van der Waals surface area contributed by atoms with Gasteiger partial charge in [0.15, 0.2) is 0 Å². The number of piperazine rings is 1. The van der Waals surface area contributed by atoms with Crippen molar-refractivity contribution >= 4 is 21.6 Å². The molecule has 0 unspecified atom stereocenters. The number of halogens is 4. The highest BCUT2D eigenvalue weighted by molar-refractivity contribution is 9.10. The van der Waals surface area contributed by atoms with Crippen LogP contribution in [0.5, 0.6) is 0 Å². The Bertz CT molecular complexity index is 459. The third kappa shape index (κ3) is 5.16. The van der Waals surface area contributed by atoms with Crippen LogP contribution in [0.1, 0.15) is 12.0 Å². The summed E-state index contributed by atoms with van der Waals surface area (Å²) >= 11 is 3.19. The van der Waals surface area contributed by atoms with Crippen molar-refractivity contribution in [3.8, 4) is 0 Å². The largest absolute Gasteiger partial charge is 0.416 e. The van der Waals surface area contributed by atoms with Crippen LogP contribution in [0, 0.1) is 0 Å². The predicted octanol–water partition coefficient (Wildman–Crippen LogP) is 3.18. The topological polar surface area (TPSA) is 27.3 Å². The molecule has 1 aromatic carbocycles. The molecule has 3 nitrogen and oxygen atoms in total. The number of hydrogen-bond acceptors (Lipinski definition) is 3. The third-order valence-electron chi connectivity index (χ3n) is 3.47. The maximum Gasteiger partial charge on any atom is 0.416 e. The summed E-state index contributed by atoms with van der Waals surface area (Å²) < 4.78 is 38.1. The highest BCUT2D eigenvalue weighted by Gasteiger charge is 2.30. The molecule has 0 amide bonds. The zero-order valence-electron chi connectivity index (χ0n) is 11.6. The van der Waals surface area contributed by atoms with Crippen LogP contribution in [-0.2, 0) is 6.18 Å². The van der Waals surface area contributed by atoms with Gasteiger partial charge in [-0.25, -0.2) is 0 Å². The van der Waals surface area contributed by atoms with Gasteiger partial charge in [0.05, 0.1) is 5.56 Å². The Hall–Kier alpha value is -0.790. The van der Waals surface area contributed by atoms with Gasteiger partial charge in [-0.2, -0.15) is 13.2 Å². The first kappa shape index (κ1) is 16.6. The summed E-state index contributed by atoms with van der Waals surface area (Å²) in [6, 6.07) is 3.68. The summed E-state index contributed by atoms with van der Waals surface area (Å²) in [5.41, 5.74) is 0.0593. The Morgan fingerprint density at radius 2 is 1.95 bits per heavy atom. The summed E-state index contributed by atoms with van der Waals surface area (Å²) in [5.74, 6) is 0. The number of hydrogen-bond donors (Lipinski definition) is 2. The summed E-state index contributed by atoms with van der Waals surface area (Å²) in [4.78, 5) is 2.39. The monoisotopic (exact) mass is 365 g/mol. The van der Waals surface area contributed by atoms with Crippen molar-refractivity contribution in [3.05, 3.63) is 28.2 Å². The molecule has 1 heterocycles. The van der Waals surface area contributed by atoms with Gasteiger partial charge in [-0.05, 0) is 47.1 Å². The fourth-order valence-electron chi connectivity index (χ4n) is 2.30. The molecule has 1 aliphatic rings. The molecule has 0 atom stereocenters. The van der Waals surface area contributed by atoms with E-state index in [1.165, 1.54) is 6.07 Å². The minimum absolute atomic E-state index is 0.444. The van der Waals surface area contributed by atoms with Crippen LogP contribution >= 0.6 is 15.9 Å². The first-order valence-electron chi connectivity index (χ1n) is 7.00. The molecule has 1 aromatic rings. The van der Waals surface area contributed by atoms with E-state index in [9.17, 15) is 13.2 Å². The zero-order chi connectivity index (χ0) is 15.3. The van der Waals surface area contributed by atoms with E-state index in [2.05, 4.69) is 31.5 Å². The van der Waals surface area contributed by atoms with Crippen LogP contribution in [0.4, 0.5) is 18.9 Å². The molecule has 2 rings (SSSR count). The number of nitrogens with zero attached hydrogens (tertiary/aromatic N) is 1. The molecule has 7 heteroatoms. The fraction of sp³-hybridized carbons (Fsp3) is 0.571. The van der Waals surface area contributed by atoms with Crippen LogP contribution < -0.4 is 10.6 Å². The molecule has 1 saturated heterocycles. The summed E-state index contributed by atoms with van der Waals surface area (Å²) in [6.45, 7) is 5.92. The Labute approximate surface area is 131 Å². The van der Waals surface area contributed by atoms with E-state index in [0.29, 0.717) is 10.2 Å². The second-order valence-electron chi connectivity index (χ2n) is 5.06. The lowest BCUT2D eigenvalue weighted by atomic mass is 10.2. The lowest BCUT2D eigenvalue weighted by molar-refractivity contribution is -0.137. The van der Waals surface area contributed by atoms with E-state index >= 15 is 0 Å². The number of nitrogens with one attached hydrogen (secondary N) is 2. The van der Waals surface area contributed by atoms with Gasteiger partial charge in [0.25, 0.3) is 0 Å². The molecule has 0 aliphatic carbocycles. The van der Waals surface area contributed by atoms with Crippen molar-refractivity contribution < 1.29 is 13.2 Å². The minimum Gasteiger partial charge on any atom is -0.384 e. The molecule has 1 fully saturated rings. The molecule has 0 aromatic heterocycles. The summed E-state index contributed by atoms with van der Waals surface area (Å²) in [5, 5.41) is 6.48. The lowest BCUT2D eigenvalue weighted by Gasteiger charge is -2.27. The number of rotatable bonds is 5. The molecular formula is C14H19BrF3N3. The fourth-order valence-corrected chi connectivity index (χ4v) is 2.81. The quantitative estimate of drug-likeness (QED) is 0.784. The van der Waals surface area contributed by atoms with Crippen molar-refractivity contribution in [2.45, 2.75) is 12.6 Å². The van der Waals surface area contributed by atoms with E-state index in [1.54, 1.807) is 0 Å². The van der Waals surface area contributed by atoms with Gasteiger partial charge in [-0.15, -0.1) is 0 Å². The van der Waals surface area contributed by atoms with Gasteiger partial charge >= 0.3 is 6.18 Å². The zero-order valence-corrected chi connectivity index (χ0v) is 13.2. The van der Waals surface area contributed by atoms with E-state index in [0.717, 1.165) is 57.8 Å².